The zero-order valence-corrected chi connectivity index (χ0v) is 14.5. The fourth-order valence-electron chi connectivity index (χ4n) is 2.08. The molecule has 0 spiro atoms. The Morgan fingerprint density at radius 3 is 2.67 bits per heavy atom. The van der Waals surface area contributed by atoms with Crippen molar-refractivity contribution in [1.82, 2.24) is 15.3 Å². The lowest BCUT2D eigenvalue weighted by atomic mass is 10.2. The zero-order chi connectivity index (χ0) is 20.0. The summed E-state index contributed by atoms with van der Waals surface area (Å²) in [5.74, 6) is -0.750. The topological polar surface area (TPSA) is 93.2 Å². The molecule has 144 valence electrons. The summed E-state index contributed by atoms with van der Waals surface area (Å²) in [4.78, 5) is 31.3. The summed E-state index contributed by atoms with van der Waals surface area (Å²) in [7, 11) is 0. The molecule has 0 saturated heterocycles. The number of aromatic nitrogens is 2. The van der Waals surface area contributed by atoms with Crippen molar-refractivity contribution in [2.24, 2.45) is 0 Å². The monoisotopic (exact) mass is 382 g/mol. The molecular weight excluding hydrogens is 365 g/mol. The van der Waals surface area contributed by atoms with Crippen molar-refractivity contribution in [3.8, 4) is 5.88 Å². The molecule has 0 aliphatic heterocycles. The number of carbonyl (C=O) groups is 2. The van der Waals surface area contributed by atoms with E-state index in [1.165, 1.54) is 37.4 Å². The van der Waals surface area contributed by atoms with Crippen LogP contribution in [-0.4, -0.2) is 34.6 Å². The normalized spacial score (nSPS) is 12.2. The van der Waals surface area contributed by atoms with Crippen molar-refractivity contribution >= 4 is 17.6 Å². The van der Waals surface area contributed by atoms with Crippen molar-refractivity contribution in [3.05, 3.63) is 47.8 Å². The van der Waals surface area contributed by atoms with Crippen molar-refractivity contribution < 1.29 is 27.5 Å². The largest absolute Gasteiger partial charge is 0.468 e. The van der Waals surface area contributed by atoms with Crippen LogP contribution < -0.4 is 15.4 Å². The smallest absolute Gasteiger partial charge is 0.422 e. The molecular formula is C17H17F3N4O3. The van der Waals surface area contributed by atoms with Crippen molar-refractivity contribution in [3.63, 3.8) is 0 Å². The predicted molar refractivity (Wildman–Crippen MR) is 90.2 cm³/mol. The number of amides is 2. The number of nitrogens with zero attached hydrogens (tertiary/aromatic N) is 2. The van der Waals surface area contributed by atoms with Gasteiger partial charge in [-0.3, -0.25) is 9.59 Å². The maximum atomic E-state index is 12.3. The lowest BCUT2D eigenvalue weighted by Crippen LogP contribution is -2.27. The number of hydrogen-bond donors (Lipinski definition) is 2. The van der Waals surface area contributed by atoms with Gasteiger partial charge in [-0.1, -0.05) is 6.07 Å². The van der Waals surface area contributed by atoms with E-state index < -0.39 is 24.7 Å². The summed E-state index contributed by atoms with van der Waals surface area (Å²) in [6, 6.07) is 6.61. The van der Waals surface area contributed by atoms with E-state index in [0.717, 1.165) is 0 Å². The van der Waals surface area contributed by atoms with Crippen molar-refractivity contribution in [2.75, 3.05) is 11.9 Å². The van der Waals surface area contributed by atoms with Crippen LogP contribution in [0, 0.1) is 0 Å². The van der Waals surface area contributed by atoms with E-state index in [1.807, 2.05) is 0 Å². The van der Waals surface area contributed by atoms with Crippen LogP contribution in [0.1, 0.15) is 35.9 Å². The third kappa shape index (κ3) is 6.57. The van der Waals surface area contributed by atoms with E-state index in [-0.39, 0.29) is 23.2 Å². The first kappa shape index (κ1) is 20.1. The van der Waals surface area contributed by atoms with Gasteiger partial charge in [0, 0.05) is 24.8 Å². The highest BCUT2D eigenvalue weighted by atomic mass is 19.4. The number of ether oxygens (including phenoxy) is 1. The van der Waals surface area contributed by atoms with Crippen LogP contribution in [0.25, 0.3) is 0 Å². The molecule has 0 aliphatic carbocycles. The van der Waals surface area contributed by atoms with Gasteiger partial charge in [-0.05, 0) is 25.1 Å². The summed E-state index contributed by atoms with van der Waals surface area (Å²) < 4.78 is 41.3. The molecule has 7 nitrogen and oxygen atoms in total. The predicted octanol–water partition coefficient (Wildman–Crippen LogP) is 2.87. The zero-order valence-electron chi connectivity index (χ0n) is 14.5. The number of carbonyl (C=O) groups excluding carboxylic acids is 2. The number of hydrogen-bond acceptors (Lipinski definition) is 5. The van der Waals surface area contributed by atoms with Gasteiger partial charge in [0.05, 0.1) is 11.7 Å². The lowest BCUT2D eigenvalue weighted by Gasteiger charge is -2.15. The summed E-state index contributed by atoms with van der Waals surface area (Å²) in [6.07, 6.45) is -3.10. The van der Waals surface area contributed by atoms with Crippen LogP contribution in [0.15, 0.2) is 36.5 Å². The van der Waals surface area contributed by atoms with Crippen LogP contribution in [-0.2, 0) is 4.79 Å². The molecule has 10 heteroatoms. The molecule has 1 atom stereocenters. The molecule has 0 saturated carbocycles. The van der Waals surface area contributed by atoms with E-state index >= 15 is 0 Å². The molecule has 2 rings (SSSR count). The van der Waals surface area contributed by atoms with Gasteiger partial charge in [0.15, 0.2) is 6.61 Å². The minimum Gasteiger partial charge on any atom is -0.468 e. The van der Waals surface area contributed by atoms with Crippen LogP contribution in [0.3, 0.4) is 0 Å². The number of anilines is 1. The van der Waals surface area contributed by atoms with Crippen LogP contribution in [0.4, 0.5) is 19.0 Å². The number of pyridine rings is 2. The third-order valence-corrected chi connectivity index (χ3v) is 3.25. The first-order valence-corrected chi connectivity index (χ1v) is 7.85. The maximum absolute atomic E-state index is 12.3. The molecule has 0 aromatic carbocycles. The Morgan fingerprint density at radius 1 is 1.26 bits per heavy atom. The molecule has 0 radical (unpaired) electrons. The van der Waals surface area contributed by atoms with E-state index in [4.69, 9.17) is 0 Å². The summed E-state index contributed by atoms with van der Waals surface area (Å²) in [5, 5.41) is 5.14. The number of nitrogens with one attached hydrogen (secondary N) is 2. The van der Waals surface area contributed by atoms with Gasteiger partial charge in [0.1, 0.15) is 5.82 Å². The van der Waals surface area contributed by atoms with Gasteiger partial charge in [0.2, 0.25) is 11.8 Å². The van der Waals surface area contributed by atoms with Crippen molar-refractivity contribution in [2.45, 2.75) is 26.1 Å². The van der Waals surface area contributed by atoms with Gasteiger partial charge in [-0.15, -0.1) is 0 Å². The highest BCUT2D eigenvalue weighted by Gasteiger charge is 2.28. The van der Waals surface area contributed by atoms with E-state index in [2.05, 4.69) is 25.3 Å². The van der Waals surface area contributed by atoms with E-state index in [9.17, 15) is 22.8 Å². The first-order chi connectivity index (χ1) is 12.6. The summed E-state index contributed by atoms with van der Waals surface area (Å²) in [6.45, 7) is 1.49. The minimum atomic E-state index is -4.47. The Labute approximate surface area is 153 Å². The van der Waals surface area contributed by atoms with Crippen LogP contribution in [0.5, 0.6) is 5.88 Å². The van der Waals surface area contributed by atoms with E-state index in [1.54, 1.807) is 13.0 Å². The third-order valence-electron chi connectivity index (χ3n) is 3.25. The lowest BCUT2D eigenvalue weighted by molar-refractivity contribution is -0.154. The highest BCUT2D eigenvalue weighted by molar-refractivity contribution is 5.96. The second kappa shape index (κ2) is 8.47. The van der Waals surface area contributed by atoms with Gasteiger partial charge in [0.25, 0.3) is 5.91 Å². The molecule has 2 N–H and O–H groups in total. The van der Waals surface area contributed by atoms with Gasteiger partial charge in [-0.25, -0.2) is 9.97 Å². The molecule has 2 aromatic heterocycles. The maximum Gasteiger partial charge on any atom is 0.422 e. The average molecular weight is 382 g/mol. The fraction of sp³-hybridized carbons (Fsp3) is 0.294. The summed E-state index contributed by atoms with van der Waals surface area (Å²) >= 11 is 0. The molecule has 27 heavy (non-hydrogen) atoms. The molecule has 0 bridgehead atoms. The van der Waals surface area contributed by atoms with Gasteiger partial charge < -0.3 is 15.4 Å². The average Bonchev–Trinajstić information content (AvgIpc) is 2.59. The summed E-state index contributed by atoms with van der Waals surface area (Å²) in [5.41, 5.74) is 0.587. The van der Waals surface area contributed by atoms with Crippen LogP contribution in [0.2, 0.25) is 0 Å². The highest BCUT2D eigenvalue weighted by Crippen LogP contribution is 2.19. The molecule has 1 unspecified atom stereocenters. The Morgan fingerprint density at radius 2 is 2.00 bits per heavy atom. The molecule has 0 fully saturated rings. The number of rotatable bonds is 6. The Kier molecular flexibility index (Phi) is 6.32. The van der Waals surface area contributed by atoms with Crippen LogP contribution >= 0.6 is 0 Å². The molecule has 2 heterocycles. The Hall–Kier alpha value is -3.17. The Bertz CT molecular complexity index is 827. The second-order valence-corrected chi connectivity index (χ2v) is 5.61. The Balaban J connectivity index is 2.05. The second-order valence-electron chi connectivity index (χ2n) is 5.61. The van der Waals surface area contributed by atoms with Gasteiger partial charge in [-0.2, -0.15) is 13.2 Å². The minimum absolute atomic E-state index is 0.192. The molecule has 0 aliphatic rings. The quantitative estimate of drug-likeness (QED) is 0.801. The number of halogens is 3. The van der Waals surface area contributed by atoms with Gasteiger partial charge >= 0.3 is 6.18 Å². The molecule has 2 amide bonds. The SMILES string of the molecule is CC(=O)Nc1cc(C(=O)NC(C)c2cccc(OCC(F)(F)F)n2)ccn1. The van der Waals surface area contributed by atoms with Crippen molar-refractivity contribution in [1.29, 1.82) is 0 Å². The molecule has 2 aromatic rings. The fourth-order valence-corrected chi connectivity index (χ4v) is 2.08. The number of alkyl halides is 3. The first-order valence-electron chi connectivity index (χ1n) is 7.85. The van der Waals surface area contributed by atoms with E-state index in [0.29, 0.717) is 5.69 Å². The standard InChI is InChI=1S/C17H17F3N4O3/c1-10(13-4-3-5-15(24-13)27-9-17(18,19)20)22-16(26)12-6-7-21-14(8-12)23-11(2)25/h3-8,10H,9H2,1-2H3,(H,22,26)(H,21,23,25).